The van der Waals surface area contributed by atoms with Crippen LogP contribution in [0.4, 0.5) is 5.82 Å². The molecule has 3 atom stereocenters. The molecule has 1 aliphatic rings. The van der Waals surface area contributed by atoms with E-state index in [1.54, 1.807) is 13.4 Å². The van der Waals surface area contributed by atoms with Crippen molar-refractivity contribution in [3.05, 3.63) is 24.5 Å². The molecule has 1 aliphatic heterocycles. The van der Waals surface area contributed by atoms with Gasteiger partial charge in [0.25, 0.3) is 0 Å². The molecule has 1 aromatic carbocycles. The molecular formula is C18H25N3O5P+. The number of fused-ring (bicyclic) bond motifs is 1. The van der Waals surface area contributed by atoms with Gasteiger partial charge >= 0.3 is 8.25 Å². The minimum atomic E-state index is -2.69. The Morgan fingerprint density at radius 2 is 2.26 bits per heavy atom. The zero-order chi connectivity index (χ0) is 19.2. The van der Waals surface area contributed by atoms with Gasteiger partial charge in [-0.1, -0.05) is 6.07 Å². The summed E-state index contributed by atoms with van der Waals surface area (Å²) in [6.45, 7) is 1.50. The average molecular weight is 394 g/mol. The Bertz CT molecular complexity index is 791. The molecule has 2 heterocycles. The number of nitrogens with zero attached hydrogens (tertiary/aromatic N) is 3. The van der Waals surface area contributed by atoms with Crippen LogP contribution in [0.5, 0.6) is 5.75 Å². The molecule has 2 aromatic rings. The fourth-order valence-corrected chi connectivity index (χ4v) is 4.11. The second kappa shape index (κ2) is 9.37. The summed E-state index contributed by atoms with van der Waals surface area (Å²) in [5, 5.41) is 10.3. The van der Waals surface area contributed by atoms with Crippen LogP contribution in [-0.2, 0) is 9.09 Å². The highest BCUT2D eigenvalue weighted by atomic mass is 31.1. The first-order valence-corrected chi connectivity index (χ1v) is 10.2. The van der Waals surface area contributed by atoms with Gasteiger partial charge in [0.05, 0.1) is 13.7 Å². The summed E-state index contributed by atoms with van der Waals surface area (Å²) in [6, 6.07) is 5.83. The largest absolute Gasteiger partial charge is 0.695 e. The van der Waals surface area contributed by atoms with Gasteiger partial charge in [0.2, 0.25) is 0 Å². The third kappa shape index (κ3) is 4.90. The Kier molecular flexibility index (Phi) is 6.90. The van der Waals surface area contributed by atoms with E-state index in [9.17, 15) is 9.67 Å². The molecule has 0 amide bonds. The molecule has 9 heteroatoms. The SMILES string of the molecule is COc1cccc2c(N3CCCC(CCC(CO)O[P+](=O)O)C3)ncnc12. The molecule has 8 nitrogen and oxygen atoms in total. The summed E-state index contributed by atoms with van der Waals surface area (Å²) in [6.07, 6.45) is 4.45. The number of para-hydroxylation sites is 1. The average Bonchev–Trinajstić information content (AvgIpc) is 2.70. The van der Waals surface area contributed by atoms with Crippen molar-refractivity contribution < 1.29 is 23.8 Å². The number of piperidine rings is 1. The van der Waals surface area contributed by atoms with E-state index in [0.717, 1.165) is 54.8 Å². The Labute approximate surface area is 159 Å². The number of aliphatic hydroxyl groups excluding tert-OH is 1. The predicted octanol–water partition coefficient (Wildman–Crippen LogP) is 2.66. The first-order valence-electron chi connectivity index (χ1n) is 9.08. The van der Waals surface area contributed by atoms with Crippen LogP contribution in [0.3, 0.4) is 0 Å². The lowest BCUT2D eigenvalue weighted by Crippen LogP contribution is -2.36. The maximum absolute atomic E-state index is 10.8. The topological polar surface area (TPSA) is 105 Å². The maximum atomic E-state index is 10.8. The van der Waals surface area contributed by atoms with Crippen molar-refractivity contribution in [1.29, 1.82) is 0 Å². The smallest absolute Gasteiger partial charge is 0.494 e. The molecule has 146 valence electrons. The Morgan fingerprint density at radius 3 is 3.00 bits per heavy atom. The molecule has 0 aliphatic carbocycles. The van der Waals surface area contributed by atoms with E-state index in [2.05, 4.69) is 14.9 Å². The summed E-state index contributed by atoms with van der Waals surface area (Å²) in [5.74, 6) is 2.03. The van der Waals surface area contributed by atoms with E-state index in [1.165, 1.54) is 0 Å². The number of methoxy groups -OCH3 is 1. The van der Waals surface area contributed by atoms with Gasteiger partial charge in [0, 0.05) is 23.0 Å². The highest BCUT2D eigenvalue weighted by molar-refractivity contribution is 7.32. The number of hydrogen-bond acceptors (Lipinski definition) is 7. The molecule has 27 heavy (non-hydrogen) atoms. The van der Waals surface area contributed by atoms with Crippen LogP contribution < -0.4 is 9.64 Å². The second-order valence-corrected chi connectivity index (χ2v) is 7.42. The first-order chi connectivity index (χ1) is 13.1. The van der Waals surface area contributed by atoms with E-state index >= 15 is 0 Å². The van der Waals surface area contributed by atoms with Gasteiger partial charge in [-0.25, -0.2) is 9.97 Å². The minimum absolute atomic E-state index is 0.256. The monoisotopic (exact) mass is 394 g/mol. The fourth-order valence-electron chi connectivity index (χ4n) is 3.68. The molecule has 3 rings (SSSR count). The number of anilines is 1. The fraction of sp³-hybridized carbons (Fsp3) is 0.556. The van der Waals surface area contributed by atoms with E-state index in [4.69, 9.17) is 14.2 Å². The van der Waals surface area contributed by atoms with Gasteiger partial charge in [-0.3, -0.25) is 0 Å². The van der Waals surface area contributed by atoms with Crippen molar-refractivity contribution in [2.75, 3.05) is 31.7 Å². The van der Waals surface area contributed by atoms with Crippen molar-refractivity contribution in [2.24, 2.45) is 5.92 Å². The molecule has 0 radical (unpaired) electrons. The third-order valence-electron chi connectivity index (χ3n) is 4.98. The minimum Gasteiger partial charge on any atom is -0.494 e. The zero-order valence-corrected chi connectivity index (χ0v) is 16.2. The van der Waals surface area contributed by atoms with Gasteiger partial charge < -0.3 is 14.7 Å². The van der Waals surface area contributed by atoms with Gasteiger partial charge in [-0.2, -0.15) is 0 Å². The van der Waals surface area contributed by atoms with Crippen LogP contribution in [0, 0.1) is 5.92 Å². The lowest BCUT2D eigenvalue weighted by atomic mass is 9.92. The molecular weight excluding hydrogens is 369 g/mol. The van der Waals surface area contributed by atoms with Crippen molar-refractivity contribution in [3.8, 4) is 5.75 Å². The number of rotatable bonds is 8. The number of aliphatic hydroxyl groups is 1. The molecule has 2 N–H and O–H groups in total. The molecule has 0 spiro atoms. The Hall–Kier alpha value is -1.86. The number of aromatic nitrogens is 2. The quantitative estimate of drug-likeness (QED) is 0.659. The van der Waals surface area contributed by atoms with Gasteiger partial charge in [-0.05, 0) is 43.7 Å². The van der Waals surface area contributed by atoms with Crippen molar-refractivity contribution in [1.82, 2.24) is 9.97 Å². The van der Waals surface area contributed by atoms with Crippen LogP contribution in [0.2, 0.25) is 0 Å². The molecule has 3 unspecified atom stereocenters. The van der Waals surface area contributed by atoms with Gasteiger partial charge in [0.15, 0.2) is 0 Å². The summed E-state index contributed by atoms with van der Waals surface area (Å²) in [7, 11) is -1.06. The molecule has 0 bridgehead atoms. The molecule has 1 aromatic heterocycles. The number of ether oxygens (including phenoxy) is 1. The highest BCUT2D eigenvalue weighted by Gasteiger charge is 2.27. The van der Waals surface area contributed by atoms with Crippen LogP contribution in [-0.4, -0.2) is 52.9 Å². The normalized spacial score (nSPS) is 19.1. The second-order valence-electron chi connectivity index (χ2n) is 6.73. The van der Waals surface area contributed by atoms with Gasteiger partial charge in [-0.15, -0.1) is 9.42 Å². The van der Waals surface area contributed by atoms with E-state index < -0.39 is 14.4 Å². The zero-order valence-electron chi connectivity index (χ0n) is 15.3. The summed E-state index contributed by atoms with van der Waals surface area (Å²) >= 11 is 0. The summed E-state index contributed by atoms with van der Waals surface area (Å²) in [5.41, 5.74) is 0.799. The van der Waals surface area contributed by atoms with E-state index in [-0.39, 0.29) is 6.61 Å². The van der Waals surface area contributed by atoms with E-state index in [0.29, 0.717) is 12.3 Å². The number of benzene rings is 1. The van der Waals surface area contributed by atoms with Gasteiger partial charge in [0.1, 0.15) is 29.5 Å². The van der Waals surface area contributed by atoms with E-state index in [1.807, 2.05) is 18.2 Å². The Balaban J connectivity index is 1.71. The molecule has 1 fully saturated rings. The van der Waals surface area contributed by atoms with Crippen molar-refractivity contribution in [3.63, 3.8) is 0 Å². The summed E-state index contributed by atoms with van der Waals surface area (Å²) in [4.78, 5) is 20.0. The Morgan fingerprint density at radius 1 is 1.41 bits per heavy atom. The van der Waals surface area contributed by atoms with Crippen LogP contribution in [0.15, 0.2) is 24.5 Å². The van der Waals surface area contributed by atoms with Crippen molar-refractivity contribution in [2.45, 2.75) is 31.8 Å². The molecule has 1 saturated heterocycles. The number of hydrogen-bond donors (Lipinski definition) is 2. The molecule has 0 saturated carbocycles. The standard InChI is InChI=1S/C18H24N3O5P/c1-25-16-6-2-5-15-17(16)19-12-20-18(15)21-9-3-4-13(10-21)7-8-14(11-22)26-27(23)24/h2,5-6,12-14,22H,3-4,7-11H2,1H3/p+1. The lowest BCUT2D eigenvalue weighted by molar-refractivity contribution is 0.0973. The lowest BCUT2D eigenvalue weighted by Gasteiger charge is -2.34. The maximum Gasteiger partial charge on any atom is 0.695 e. The van der Waals surface area contributed by atoms with Crippen molar-refractivity contribution >= 4 is 25.0 Å². The summed E-state index contributed by atoms with van der Waals surface area (Å²) < 4.78 is 21.1. The highest BCUT2D eigenvalue weighted by Crippen LogP contribution is 2.33. The predicted molar refractivity (Wildman–Crippen MR) is 102 cm³/mol. The van der Waals surface area contributed by atoms with Crippen LogP contribution >= 0.6 is 8.25 Å². The first kappa shape index (κ1) is 19.9. The van der Waals surface area contributed by atoms with Crippen LogP contribution in [0.1, 0.15) is 25.7 Å². The van der Waals surface area contributed by atoms with Crippen LogP contribution in [0.25, 0.3) is 10.9 Å². The third-order valence-corrected chi connectivity index (χ3v) is 5.46.